The predicted octanol–water partition coefficient (Wildman–Crippen LogP) is 2.92. The largest absolute Gasteiger partial charge is 0.399 e. The van der Waals surface area contributed by atoms with Crippen LogP contribution in [0.3, 0.4) is 0 Å². The molecule has 0 atom stereocenters. The molecule has 0 aliphatic heterocycles. The van der Waals surface area contributed by atoms with Crippen LogP contribution in [0.1, 0.15) is 11.1 Å². The Balaban J connectivity index is 1.94. The molecule has 0 saturated carbocycles. The zero-order valence-electron chi connectivity index (χ0n) is 10.7. The van der Waals surface area contributed by atoms with Crippen molar-refractivity contribution >= 4 is 23.2 Å². The number of carbonyl (C=O) groups excluding carboxylic acids is 1. The van der Waals surface area contributed by atoms with Gasteiger partial charge >= 0.3 is 0 Å². The molecule has 104 valence electrons. The highest BCUT2D eigenvalue weighted by Gasteiger charge is 2.11. The Morgan fingerprint density at radius 1 is 1.20 bits per heavy atom. The van der Waals surface area contributed by atoms with E-state index in [1.165, 1.54) is 12.1 Å². The summed E-state index contributed by atoms with van der Waals surface area (Å²) in [6.07, 6.45) is -0.0829. The number of nitrogens with two attached hydrogens (primary N) is 1. The number of hydrogen-bond donors (Lipinski definition) is 2. The Morgan fingerprint density at radius 3 is 2.55 bits per heavy atom. The van der Waals surface area contributed by atoms with E-state index in [4.69, 9.17) is 17.3 Å². The summed E-state index contributed by atoms with van der Waals surface area (Å²) in [5.41, 5.74) is 7.37. The summed E-state index contributed by atoms with van der Waals surface area (Å²) in [6.45, 7) is 0.366. The van der Waals surface area contributed by atoms with E-state index in [2.05, 4.69) is 5.32 Å². The van der Waals surface area contributed by atoms with Crippen molar-refractivity contribution in [3.8, 4) is 0 Å². The number of rotatable bonds is 4. The fourth-order valence-electron chi connectivity index (χ4n) is 1.76. The average molecular weight is 293 g/mol. The molecule has 2 aromatic carbocycles. The summed E-state index contributed by atoms with van der Waals surface area (Å²) < 4.78 is 13.5. The third-order valence-electron chi connectivity index (χ3n) is 2.87. The first-order valence-electron chi connectivity index (χ1n) is 6.10. The van der Waals surface area contributed by atoms with E-state index in [1.807, 2.05) is 12.1 Å². The summed E-state index contributed by atoms with van der Waals surface area (Å²) in [5, 5.41) is 2.97. The maximum absolute atomic E-state index is 13.5. The maximum atomic E-state index is 13.5. The molecular formula is C15H14ClFN2O. The smallest absolute Gasteiger partial charge is 0.224 e. The number of amides is 1. The van der Waals surface area contributed by atoms with Gasteiger partial charge in [-0.25, -0.2) is 4.39 Å². The second-order valence-corrected chi connectivity index (χ2v) is 4.80. The van der Waals surface area contributed by atoms with Crippen molar-refractivity contribution in [2.45, 2.75) is 13.0 Å². The number of carbonyl (C=O) groups is 1. The summed E-state index contributed by atoms with van der Waals surface area (Å²) >= 11 is 5.87. The van der Waals surface area contributed by atoms with Crippen molar-refractivity contribution < 1.29 is 9.18 Å². The molecule has 0 aromatic heterocycles. The van der Waals surface area contributed by atoms with Crippen LogP contribution in [0.5, 0.6) is 0 Å². The van der Waals surface area contributed by atoms with Gasteiger partial charge in [-0.1, -0.05) is 29.8 Å². The van der Waals surface area contributed by atoms with Crippen LogP contribution in [-0.4, -0.2) is 5.91 Å². The molecule has 20 heavy (non-hydrogen) atoms. The lowest BCUT2D eigenvalue weighted by molar-refractivity contribution is -0.120. The molecule has 2 rings (SSSR count). The fourth-order valence-corrected chi connectivity index (χ4v) is 1.99. The van der Waals surface area contributed by atoms with Crippen molar-refractivity contribution in [3.05, 3.63) is 64.4 Å². The number of hydrogen-bond acceptors (Lipinski definition) is 2. The molecule has 2 aromatic rings. The van der Waals surface area contributed by atoms with Gasteiger partial charge in [0.25, 0.3) is 0 Å². The predicted molar refractivity (Wildman–Crippen MR) is 77.8 cm³/mol. The second kappa shape index (κ2) is 6.39. The van der Waals surface area contributed by atoms with Gasteiger partial charge < -0.3 is 11.1 Å². The Morgan fingerprint density at radius 2 is 1.90 bits per heavy atom. The topological polar surface area (TPSA) is 55.1 Å². The third-order valence-corrected chi connectivity index (χ3v) is 3.22. The van der Waals surface area contributed by atoms with Crippen LogP contribution in [0.4, 0.5) is 10.1 Å². The minimum absolute atomic E-state index is 0.0829. The van der Waals surface area contributed by atoms with Crippen molar-refractivity contribution in [2.75, 3.05) is 5.73 Å². The van der Waals surface area contributed by atoms with E-state index in [1.54, 1.807) is 18.2 Å². The first kappa shape index (κ1) is 14.3. The van der Waals surface area contributed by atoms with Gasteiger partial charge in [0.1, 0.15) is 5.82 Å². The van der Waals surface area contributed by atoms with E-state index < -0.39 is 5.82 Å². The van der Waals surface area contributed by atoms with Crippen molar-refractivity contribution in [1.82, 2.24) is 5.32 Å². The van der Waals surface area contributed by atoms with E-state index in [0.29, 0.717) is 12.2 Å². The van der Waals surface area contributed by atoms with Crippen LogP contribution in [-0.2, 0) is 17.8 Å². The Labute approximate surface area is 121 Å². The highest BCUT2D eigenvalue weighted by atomic mass is 35.5. The van der Waals surface area contributed by atoms with Crippen LogP contribution < -0.4 is 11.1 Å². The Bertz CT molecular complexity index is 594. The molecule has 5 heteroatoms. The van der Waals surface area contributed by atoms with Gasteiger partial charge in [-0.05, 0) is 29.8 Å². The number of nitrogen functional groups attached to an aromatic ring is 1. The maximum Gasteiger partial charge on any atom is 0.224 e. The second-order valence-electron chi connectivity index (χ2n) is 4.40. The first-order chi connectivity index (χ1) is 9.56. The van der Waals surface area contributed by atoms with Crippen LogP contribution in [0, 0.1) is 5.82 Å². The molecule has 0 heterocycles. The number of nitrogens with one attached hydrogen (secondary N) is 1. The molecule has 0 bridgehead atoms. The highest BCUT2D eigenvalue weighted by Crippen LogP contribution is 2.19. The monoisotopic (exact) mass is 292 g/mol. The standard InChI is InChI=1S/C15H14ClFN2O/c16-13-2-1-3-14(17)12(13)8-15(20)19-9-10-4-6-11(18)7-5-10/h1-7H,8-9,18H2,(H,19,20). The summed E-state index contributed by atoms with van der Waals surface area (Å²) in [6, 6.07) is 11.5. The van der Waals surface area contributed by atoms with Gasteiger partial charge in [0.15, 0.2) is 0 Å². The molecular weight excluding hydrogens is 279 g/mol. The van der Waals surface area contributed by atoms with Gasteiger partial charge in [-0.3, -0.25) is 4.79 Å². The molecule has 0 spiro atoms. The van der Waals surface area contributed by atoms with Crippen molar-refractivity contribution in [3.63, 3.8) is 0 Å². The lowest BCUT2D eigenvalue weighted by Crippen LogP contribution is -2.25. The molecule has 0 fully saturated rings. The van der Waals surface area contributed by atoms with Crippen LogP contribution in [0.25, 0.3) is 0 Å². The van der Waals surface area contributed by atoms with Crippen LogP contribution >= 0.6 is 11.6 Å². The van der Waals surface area contributed by atoms with Gasteiger partial charge in [-0.2, -0.15) is 0 Å². The lowest BCUT2D eigenvalue weighted by Gasteiger charge is -2.08. The van der Waals surface area contributed by atoms with Crippen LogP contribution in [0.2, 0.25) is 5.02 Å². The molecule has 3 N–H and O–H groups in total. The normalized spacial score (nSPS) is 10.3. The van der Waals surface area contributed by atoms with E-state index in [9.17, 15) is 9.18 Å². The number of halogens is 2. The average Bonchev–Trinajstić information content (AvgIpc) is 2.42. The van der Waals surface area contributed by atoms with Gasteiger partial charge in [-0.15, -0.1) is 0 Å². The van der Waals surface area contributed by atoms with E-state index in [-0.39, 0.29) is 22.9 Å². The number of benzene rings is 2. The molecule has 0 aliphatic rings. The Kier molecular flexibility index (Phi) is 4.58. The fraction of sp³-hybridized carbons (Fsp3) is 0.133. The molecule has 0 radical (unpaired) electrons. The van der Waals surface area contributed by atoms with E-state index >= 15 is 0 Å². The lowest BCUT2D eigenvalue weighted by atomic mass is 10.1. The van der Waals surface area contributed by atoms with E-state index in [0.717, 1.165) is 5.56 Å². The minimum atomic E-state index is -0.472. The van der Waals surface area contributed by atoms with Crippen molar-refractivity contribution in [2.24, 2.45) is 0 Å². The zero-order chi connectivity index (χ0) is 14.5. The van der Waals surface area contributed by atoms with Gasteiger partial charge in [0.05, 0.1) is 6.42 Å². The quantitative estimate of drug-likeness (QED) is 0.851. The molecule has 1 amide bonds. The third kappa shape index (κ3) is 3.71. The SMILES string of the molecule is Nc1ccc(CNC(=O)Cc2c(F)cccc2Cl)cc1. The molecule has 0 saturated heterocycles. The van der Waals surface area contributed by atoms with Crippen LogP contribution in [0.15, 0.2) is 42.5 Å². The summed E-state index contributed by atoms with van der Waals surface area (Å²) in [7, 11) is 0. The molecule has 0 aliphatic carbocycles. The zero-order valence-corrected chi connectivity index (χ0v) is 11.5. The highest BCUT2D eigenvalue weighted by molar-refractivity contribution is 6.31. The molecule has 0 unspecified atom stereocenters. The minimum Gasteiger partial charge on any atom is -0.399 e. The summed E-state index contributed by atoms with van der Waals surface area (Å²) in [4.78, 5) is 11.8. The van der Waals surface area contributed by atoms with Crippen molar-refractivity contribution in [1.29, 1.82) is 0 Å². The first-order valence-corrected chi connectivity index (χ1v) is 6.48. The van der Waals surface area contributed by atoms with Gasteiger partial charge in [0, 0.05) is 22.8 Å². The Hall–Kier alpha value is -2.07. The number of anilines is 1. The van der Waals surface area contributed by atoms with Gasteiger partial charge in [0.2, 0.25) is 5.91 Å². The summed E-state index contributed by atoms with van der Waals surface area (Å²) in [5.74, 6) is -0.756. The molecule has 3 nitrogen and oxygen atoms in total.